The molecule has 3 atom stereocenters. The van der Waals surface area contributed by atoms with Gasteiger partial charge in [-0.2, -0.15) is 0 Å². The fourth-order valence-corrected chi connectivity index (χ4v) is 4.70. The summed E-state index contributed by atoms with van der Waals surface area (Å²) in [6, 6.07) is 8.03. The molecule has 138 valence electrons. The molecule has 3 aliphatic rings. The molecule has 0 aliphatic heterocycles. The maximum absolute atomic E-state index is 12.1. The van der Waals surface area contributed by atoms with Gasteiger partial charge in [0.15, 0.2) is 0 Å². The van der Waals surface area contributed by atoms with E-state index in [0.717, 1.165) is 29.2 Å². The highest BCUT2D eigenvalue weighted by molar-refractivity contribution is 5.83. The van der Waals surface area contributed by atoms with Crippen molar-refractivity contribution in [1.29, 1.82) is 0 Å². The predicted molar refractivity (Wildman–Crippen MR) is 97.8 cm³/mol. The number of carbonyl (C=O) groups excluding carboxylic acids is 2. The van der Waals surface area contributed by atoms with E-state index in [-0.39, 0.29) is 23.6 Å². The second-order valence-corrected chi connectivity index (χ2v) is 7.58. The summed E-state index contributed by atoms with van der Waals surface area (Å²) in [5.41, 5.74) is 4.38. The highest BCUT2D eigenvalue weighted by atomic mass is 16.5. The molecule has 1 heterocycles. The van der Waals surface area contributed by atoms with Crippen molar-refractivity contribution < 1.29 is 19.1 Å². The molecular weight excluding hydrogens is 342 g/mol. The molecule has 3 aliphatic carbocycles. The van der Waals surface area contributed by atoms with Gasteiger partial charge in [-0.05, 0) is 55.0 Å². The molecule has 1 aromatic heterocycles. The number of nitrogens with zero attached hydrogens (tertiary/aromatic N) is 1. The molecule has 0 amide bonds. The number of aromatic nitrogens is 1. The number of ketones is 1. The third-order valence-corrected chi connectivity index (χ3v) is 6.01. The number of benzene rings is 1. The lowest BCUT2D eigenvalue weighted by Gasteiger charge is -2.18. The Morgan fingerprint density at radius 1 is 1.26 bits per heavy atom. The molecule has 5 nitrogen and oxygen atoms in total. The summed E-state index contributed by atoms with van der Waals surface area (Å²) in [7, 11) is 0. The molecule has 5 rings (SSSR count). The predicted octanol–water partition coefficient (Wildman–Crippen LogP) is 3.38. The number of rotatable bonds is 4. The summed E-state index contributed by atoms with van der Waals surface area (Å²) in [6.07, 6.45) is 4.26. The van der Waals surface area contributed by atoms with Crippen LogP contribution in [0.3, 0.4) is 0 Å². The maximum atomic E-state index is 12.1. The van der Waals surface area contributed by atoms with Gasteiger partial charge in [-0.3, -0.25) is 14.6 Å². The molecule has 27 heavy (non-hydrogen) atoms. The third kappa shape index (κ3) is 2.73. The van der Waals surface area contributed by atoms with E-state index < -0.39 is 0 Å². The molecule has 0 saturated heterocycles. The van der Waals surface area contributed by atoms with Crippen molar-refractivity contribution in [3.8, 4) is 11.5 Å². The number of carbonyl (C=O) groups is 2. The van der Waals surface area contributed by atoms with E-state index in [4.69, 9.17) is 9.47 Å². The topological polar surface area (TPSA) is 65.5 Å². The monoisotopic (exact) mass is 363 g/mol. The quantitative estimate of drug-likeness (QED) is 0.779. The van der Waals surface area contributed by atoms with Crippen LogP contribution in [0.15, 0.2) is 30.5 Å². The smallest absolute Gasteiger partial charge is 0.309 e. The van der Waals surface area contributed by atoms with E-state index in [9.17, 15) is 9.59 Å². The minimum absolute atomic E-state index is 0.00685. The second kappa shape index (κ2) is 6.19. The van der Waals surface area contributed by atoms with Crippen molar-refractivity contribution in [3.63, 3.8) is 0 Å². The molecule has 0 N–H and O–H groups in total. The molecule has 0 bridgehead atoms. The van der Waals surface area contributed by atoms with Crippen LogP contribution in [0.25, 0.3) is 0 Å². The van der Waals surface area contributed by atoms with Gasteiger partial charge in [0.1, 0.15) is 17.3 Å². The van der Waals surface area contributed by atoms with Gasteiger partial charge in [0.25, 0.3) is 0 Å². The van der Waals surface area contributed by atoms with Gasteiger partial charge in [-0.25, -0.2) is 0 Å². The Labute approximate surface area is 157 Å². The standard InChI is InChI=1S/C22H21NO4/c1-2-26-22(25)21-17-9-12-3-5-14(11-16(12)20(17)21)27-19-7-8-23-18-10-13(24)4-6-15(18)19/h3,5,7-8,11,17,20-21H,2,4,6,9-10H2,1H3. The van der Waals surface area contributed by atoms with Crippen LogP contribution < -0.4 is 4.74 Å². The van der Waals surface area contributed by atoms with Crippen LogP contribution in [0.1, 0.15) is 41.6 Å². The van der Waals surface area contributed by atoms with Crippen LogP contribution in [-0.4, -0.2) is 23.3 Å². The van der Waals surface area contributed by atoms with Gasteiger partial charge in [-0.15, -0.1) is 0 Å². The summed E-state index contributed by atoms with van der Waals surface area (Å²) < 4.78 is 11.4. The van der Waals surface area contributed by atoms with E-state index in [0.29, 0.717) is 31.8 Å². The first-order valence-corrected chi connectivity index (χ1v) is 9.61. The van der Waals surface area contributed by atoms with Gasteiger partial charge in [0.05, 0.1) is 18.2 Å². The Morgan fingerprint density at radius 3 is 3.00 bits per heavy atom. The number of pyridine rings is 1. The minimum atomic E-state index is -0.0719. The zero-order valence-corrected chi connectivity index (χ0v) is 15.2. The summed E-state index contributed by atoms with van der Waals surface area (Å²) in [5.74, 6) is 2.37. The molecule has 3 unspecified atom stereocenters. The van der Waals surface area contributed by atoms with Gasteiger partial charge < -0.3 is 9.47 Å². The second-order valence-electron chi connectivity index (χ2n) is 7.58. The third-order valence-electron chi connectivity index (χ3n) is 6.01. The van der Waals surface area contributed by atoms with Crippen molar-refractivity contribution in [2.75, 3.05) is 6.61 Å². The fourth-order valence-electron chi connectivity index (χ4n) is 4.70. The lowest BCUT2D eigenvalue weighted by atomic mass is 9.94. The summed E-state index contributed by atoms with van der Waals surface area (Å²) in [5, 5.41) is 0. The van der Waals surface area contributed by atoms with Crippen LogP contribution >= 0.6 is 0 Å². The normalized spacial score (nSPS) is 24.6. The number of hydrogen-bond acceptors (Lipinski definition) is 5. The molecule has 0 radical (unpaired) electrons. The molecule has 1 saturated carbocycles. The van der Waals surface area contributed by atoms with Crippen LogP contribution in [0.2, 0.25) is 0 Å². The number of fused-ring (bicyclic) bond motifs is 4. The minimum Gasteiger partial charge on any atom is -0.466 e. The first kappa shape index (κ1) is 16.5. The summed E-state index contributed by atoms with van der Waals surface area (Å²) in [6.45, 7) is 2.28. The van der Waals surface area contributed by atoms with Gasteiger partial charge in [0.2, 0.25) is 0 Å². The van der Waals surface area contributed by atoms with Crippen molar-refractivity contribution in [2.24, 2.45) is 11.8 Å². The van der Waals surface area contributed by atoms with Crippen molar-refractivity contribution >= 4 is 11.8 Å². The van der Waals surface area contributed by atoms with Gasteiger partial charge >= 0.3 is 5.97 Å². The average Bonchev–Trinajstić information content (AvgIpc) is 3.25. The average molecular weight is 363 g/mol. The van der Waals surface area contributed by atoms with Crippen LogP contribution in [0.4, 0.5) is 0 Å². The van der Waals surface area contributed by atoms with Crippen molar-refractivity contribution in [3.05, 3.63) is 52.8 Å². The largest absolute Gasteiger partial charge is 0.466 e. The molecule has 5 heteroatoms. The van der Waals surface area contributed by atoms with E-state index in [1.54, 1.807) is 6.20 Å². The first-order chi connectivity index (χ1) is 13.2. The maximum Gasteiger partial charge on any atom is 0.309 e. The molecule has 1 fully saturated rings. The lowest BCUT2D eigenvalue weighted by Crippen LogP contribution is -2.15. The number of esters is 1. The van der Waals surface area contributed by atoms with Crippen LogP contribution in [0, 0.1) is 11.8 Å². The number of hydrogen-bond donors (Lipinski definition) is 0. The van der Waals surface area contributed by atoms with E-state index in [1.807, 2.05) is 19.1 Å². The SMILES string of the molecule is CCOC(=O)C1C2Cc3ccc(Oc4ccnc5c4CCC(=O)C5)cc3C21. The van der Waals surface area contributed by atoms with E-state index in [1.165, 1.54) is 11.1 Å². The Bertz CT molecular complexity index is 951. The van der Waals surface area contributed by atoms with Crippen molar-refractivity contribution in [1.82, 2.24) is 4.98 Å². The fraction of sp³-hybridized carbons (Fsp3) is 0.409. The Kier molecular flexibility index (Phi) is 3.78. The Morgan fingerprint density at radius 2 is 2.15 bits per heavy atom. The first-order valence-electron chi connectivity index (χ1n) is 9.61. The molecule has 2 aromatic rings. The van der Waals surface area contributed by atoms with Crippen molar-refractivity contribution in [2.45, 2.75) is 38.5 Å². The van der Waals surface area contributed by atoms with E-state index >= 15 is 0 Å². The van der Waals surface area contributed by atoms with E-state index in [2.05, 4.69) is 17.1 Å². The van der Waals surface area contributed by atoms with Gasteiger partial charge in [-0.1, -0.05) is 6.07 Å². The highest BCUT2D eigenvalue weighted by Crippen LogP contribution is 2.62. The number of Topliss-reactive ketones (excluding diaryl/α,β-unsaturated/α-hetero) is 1. The lowest BCUT2D eigenvalue weighted by molar-refractivity contribution is -0.145. The molecule has 1 aromatic carbocycles. The summed E-state index contributed by atoms with van der Waals surface area (Å²) in [4.78, 5) is 28.1. The zero-order valence-electron chi connectivity index (χ0n) is 15.2. The number of ether oxygens (including phenoxy) is 2. The molecular formula is C22H21NO4. The zero-order chi connectivity index (χ0) is 18.5. The van der Waals surface area contributed by atoms with Crippen LogP contribution in [0.5, 0.6) is 11.5 Å². The molecule has 0 spiro atoms. The van der Waals surface area contributed by atoms with Crippen LogP contribution in [-0.2, 0) is 33.6 Å². The highest BCUT2D eigenvalue weighted by Gasteiger charge is 2.60. The summed E-state index contributed by atoms with van der Waals surface area (Å²) >= 11 is 0. The van der Waals surface area contributed by atoms with Gasteiger partial charge in [0, 0.05) is 30.5 Å². The Balaban J connectivity index is 1.39. The Hall–Kier alpha value is -2.69.